The molecule has 0 saturated heterocycles. The molecule has 1 atom stereocenters. The monoisotopic (exact) mass is 457 g/mol. The molecule has 0 radical (unpaired) electrons. The van der Waals surface area contributed by atoms with Crippen molar-refractivity contribution in [2.24, 2.45) is 7.05 Å². The summed E-state index contributed by atoms with van der Waals surface area (Å²) in [7, 11) is 1.72. The van der Waals surface area contributed by atoms with E-state index in [2.05, 4.69) is 20.8 Å². The molecule has 0 aliphatic heterocycles. The number of benzene rings is 2. The van der Waals surface area contributed by atoms with E-state index in [1.165, 1.54) is 0 Å². The first kappa shape index (κ1) is 23.5. The lowest BCUT2D eigenvalue weighted by atomic mass is 9.86. The fraction of sp³-hybridized carbons (Fsp3) is 0.321. The van der Waals surface area contributed by atoms with Crippen molar-refractivity contribution in [3.63, 3.8) is 0 Å². The summed E-state index contributed by atoms with van der Waals surface area (Å²) in [5.74, 6) is 1.09. The Kier molecular flexibility index (Phi) is 6.42. The highest BCUT2D eigenvalue weighted by Crippen LogP contribution is 2.28. The van der Waals surface area contributed by atoms with Crippen molar-refractivity contribution < 1.29 is 9.21 Å². The number of nitrogens with zero attached hydrogens (tertiary/aromatic N) is 3. The molecule has 4 rings (SSSR count). The summed E-state index contributed by atoms with van der Waals surface area (Å²) < 4.78 is 7.14. The minimum absolute atomic E-state index is 0.00528. The van der Waals surface area contributed by atoms with Crippen molar-refractivity contribution >= 4 is 16.8 Å². The van der Waals surface area contributed by atoms with Crippen LogP contribution in [0.15, 0.2) is 76.1 Å². The Morgan fingerprint density at radius 3 is 2.38 bits per heavy atom. The average molecular weight is 458 g/mol. The number of furan rings is 1. The van der Waals surface area contributed by atoms with E-state index in [0.29, 0.717) is 34.5 Å². The molecule has 0 aliphatic rings. The first-order valence-corrected chi connectivity index (χ1v) is 11.6. The smallest absolute Gasteiger partial charge is 0.261 e. The van der Waals surface area contributed by atoms with Gasteiger partial charge >= 0.3 is 0 Å². The second-order valence-electron chi connectivity index (χ2n) is 9.62. The van der Waals surface area contributed by atoms with Gasteiger partial charge in [0.15, 0.2) is 0 Å². The first-order chi connectivity index (χ1) is 16.2. The zero-order valence-electron chi connectivity index (χ0n) is 20.4. The molecule has 4 aromatic rings. The van der Waals surface area contributed by atoms with Crippen LogP contribution in [0.1, 0.15) is 67.7 Å². The third-order valence-corrected chi connectivity index (χ3v) is 6.24. The Labute approximate surface area is 199 Å². The van der Waals surface area contributed by atoms with E-state index in [0.717, 1.165) is 5.56 Å². The van der Waals surface area contributed by atoms with Gasteiger partial charge in [-0.05, 0) is 53.8 Å². The third-order valence-electron chi connectivity index (χ3n) is 6.24. The van der Waals surface area contributed by atoms with Gasteiger partial charge in [0.25, 0.3) is 11.5 Å². The zero-order chi connectivity index (χ0) is 24.5. The van der Waals surface area contributed by atoms with Crippen molar-refractivity contribution in [2.75, 3.05) is 0 Å². The van der Waals surface area contributed by atoms with E-state index in [-0.39, 0.29) is 23.4 Å². The van der Waals surface area contributed by atoms with E-state index in [4.69, 9.17) is 9.40 Å². The minimum atomic E-state index is -0.415. The van der Waals surface area contributed by atoms with Gasteiger partial charge in [0.2, 0.25) is 0 Å². The molecule has 6 heteroatoms. The van der Waals surface area contributed by atoms with E-state index >= 15 is 0 Å². The van der Waals surface area contributed by atoms with Crippen LogP contribution >= 0.6 is 0 Å². The number of carbonyl (C=O) groups excluding carboxylic acids is 1. The SMILES string of the molecule is CCC(c1nc2ccccc2c(=O)n1C)N(Cc1ccco1)C(=O)c1ccc(C(C)(C)C)cc1. The van der Waals surface area contributed by atoms with Crippen molar-refractivity contribution in [2.45, 2.75) is 52.1 Å². The Hall–Kier alpha value is -3.67. The molecule has 1 amide bonds. The maximum absolute atomic E-state index is 13.8. The topological polar surface area (TPSA) is 68.3 Å². The van der Waals surface area contributed by atoms with E-state index in [1.54, 1.807) is 34.9 Å². The number of aromatic nitrogens is 2. The molecule has 34 heavy (non-hydrogen) atoms. The van der Waals surface area contributed by atoms with Crippen LogP contribution < -0.4 is 5.56 Å². The van der Waals surface area contributed by atoms with Gasteiger partial charge in [-0.1, -0.05) is 52.0 Å². The van der Waals surface area contributed by atoms with Crippen LogP contribution in [0.5, 0.6) is 0 Å². The molecule has 2 heterocycles. The maximum Gasteiger partial charge on any atom is 0.261 e. The summed E-state index contributed by atoms with van der Waals surface area (Å²) >= 11 is 0. The summed E-state index contributed by atoms with van der Waals surface area (Å²) in [4.78, 5) is 33.5. The van der Waals surface area contributed by atoms with Crippen molar-refractivity contribution in [3.8, 4) is 0 Å². The minimum Gasteiger partial charge on any atom is -0.467 e. The Bertz CT molecular complexity index is 1350. The molecule has 2 aromatic carbocycles. The number of hydrogen-bond acceptors (Lipinski definition) is 4. The molecule has 6 nitrogen and oxygen atoms in total. The summed E-state index contributed by atoms with van der Waals surface area (Å²) in [5, 5.41) is 0.560. The predicted molar refractivity (Wildman–Crippen MR) is 134 cm³/mol. The fourth-order valence-electron chi connectivity index (χ4n) is 4.25. The summed E-state index contributed by atoms with van der Waals surface area (Å²) in [6.07, 6.45) is 2.19. The Morgan fingerprint density at radius 2 is 1.76 bits per heavy atom. The molecule has 1 unspecified atom stereocenters. The summed E-state index contributed by atoms with van der Waals surface area (Å²) in [6.45, 7) is 8.70. The molecule has 176 valence electrons. The highest BCUT2D eigenvalue weighted by atomic mass is 16.3. The number of para-hydroxylation sites is 1. The fourth-order valence-corrected chi connectivity index (χ4v) is 4.25. The predicted octanol–water partition coefficient (Wildman–Crippen LogP) is 5.62. The van der Waals surface area contributed by atoms with Gasteiger partial charge in [-0.3, -0.25) is 14.2 Å². The van der Waals surface area contributed by atoms with Crippen molar-refractivity contribution in [1.29, 1.82) is 0 Å². The Balaban J connectivity index is 1.80. The zero-order valence-corrected chi connectivity index (χ0v) is 20.4. The number of amides is 1. The van der Waals surface area contributed by atoms with Gasteiger partial charge in [-0.25, -0.2) is 4.98 Å². The summed E-state index contributed by atoms with van der Waals surface area (Å²) in [6, 6.07) is 18.3. The summed E-state index contributed by atoms with van der Waals surface area (Å²) in [5.41, 5.74) is 2.24. The standard InChI is InChI=1S/C28H31N3O3/c1-6-24(25-29-23-12-8-7-11-22(23)27(33)30(25)5)31(18-21-10-9-17-34-21)26(32)19-13-15-20(16-14-19)28(2,3)4/h7-17,24H,6,18H2,1-5H3. The van der Waals surface area contributed by atoms with Crippen LogP contribution in [0.4, 0.5) is 0 Å². The molecular formula is C28H31N3O3. The quantitative estimate of drug-likeness (QED) is 0.377. The van der Waals surface area contributed by atoms with E-state index < -0.39 is 6.04 Å². The van der Waals surface area contributed by atoms with Crippen LogP contribution in [-0.2, 0) is 19.0 Å². The highest BCUT2D eigenvalue weighted by Gasteiger charge is 2.29. The van der Waals surface area contributed by atoms with Gasteiger partial charge in [0.1, 0.15) is 11.6 Å². The van der Waals surface area contributed by atoms with Gasteiger partial charge in [0, 0.05) is 12.6 Å². The molecule has 0 fully saturated rings. The second kappa shape index (κ2) is 9.29. The van der Waals surface area contributed by atoms with Crippen LogP contribution in [-0.4, -0.2) is 20.4 Å². The number of fused-ring (bicyclic) bond motifs is 1. The molecule has 0 spiro atoms. The number of rotatable bonds is 6. The largest absolute Gasteiger partial charge is 0.467 e. The number of carbonyl (C=O) groups is 1. The Morgan fingerprint density at radius 1 is 1.06 bits per heavy atom. The molecule has 0 bridgehead atoms. The lowest BCUT2D eigenvalue weighted by molar-refractivity contribution is 0.0622. The van der Waals surface area contributed by atoms with Gasteiger partial charge in [-0.15, -0.1) is 0 Å². The second-order valence-corrected chi connectivity index (χ2v) is 9.62. The average Bonchev–Trinajstić information content (AvgIpc) is 3.34. The van der Waals surface area contributed by atoms with Crippen LogP contribution in [0.3, 0.4) is 0 Å². The number of hydrogen-bond donors (Lipinski definition) is 0. The highest BCUT2D eigenvalue weighted by molar-refractivity contribution is 5.94. The third kappa shape index (κ3) is 4.53. The van der Waals surface area contributed by atoms with E-state index in [9.17, 15) is 9.59 Å². The lowest BCUT2D eigenvalue weighted by Gasteiger charge is -2.31. The van der Waals surface area contributed by atoms with E-state index in [1.807, 2.05) is 55.5 Å². The molecule has 0 saturated carbocycles. The maximum atomic E-state index is 13.8. The van der Waals surface area contributed by atoms with Crippen molar-refractivity contribution in [3.05, 3.63) is 100.0 Å². The van der Waals surface area contributed by atoms with Gasteiger partial charge < -0.3 is 9.32 Å². The lowest BCUT2D eigenvalue weighted by Crippen LogP contribution is -2.38. The first-order valence-electron chi connectivity index (χ1n) is 11.6. The molecule has 0 aliphatic carbocycles. The van der Waals surface area contributed by atoms with Crippen LogP contribution in [0, 0.1) is 0 Å². The van der Waals surface area contributed by atoms with Gasteiger partial charge in [-0.2, -0.15) is 0 Å². The molecular weight excluding hydrogens is 426 g/mol. The molecule has 0 N–H and O–H groups in total. The van der Waals surface area contributed by atoms with Crippen molar-refractivity contribution in [1.82, 2.24) is 14.5 Å². The van der Waals surface area contributed by atoms with Gasteiger partial charge in [0.05, 0.1) is 29.8 Å². The normalized spacial score (nSPS) is 12.6. The molecule has 2 aromatic heterocycles. The van der Waals surface area contributed by atoms with Crippen LogP contribution in [0.25, 0.3) is 10.9 Å². The van der Waals surface area contributed by atoms with Crippen LogP contribution in [0.2, 0.25) is 0 Å².